The van der Waals surface area contributed by atoms with Crippen molar-refractivity contribution in [3.8, 4) is 0 Å². The lowest BCUT2D eigenvalue weighted by atomic mass is 9.85. The van der Waals surface area contributed by atoms with Crippen LogP contribution in [0, 0.1) is 0 Å². The molecule has 0 aromatic carbocycles. The summed E-state index contributed by atoms with van der Waals surface area (Å²) in [4.78, 5) is 4.53. The van der Waals surface area contributed by atoms with E-state index in [0.29, 0.717) is 5.92 Å². The zero-order chi connectivity index (χ0) is 11.8. The molecule has 1 saturated carbocycles. The van der Waals surface area contributed by atoms with Crippen LogP contribution in [0.25, 0.3) is 0 Å². The Balaban J connectivity index is 2.24. The van der Waals surface area contributed by atoms with Crippen LogP contribution in [0.15, 0.2) is 4.52 Å². The molecule has 0 saturated heterocycles. The predicted octanol–water partition coefficient (Wildman–Crippen LogP) is 2.35. The molecule has 0 amide bonds. The molecule has 2 N–H and O–H groups in total. The Bertz CT molecular complexity index is 363. The molecule has 2 rings (SSSR count). The van der Waals surface area contributed by atoms with E-state index in [1.54, 1.807) is 0 Å². The van der Waals surface area contributed by atoms with E-state index in [1.165, 1.54) is 0 Å². The van der Waals surface area contributed by atoms with Crippen LogP contribution in [-0.2, 0) is 5.41 Å². The molecular weight excluding hydrogens is 202 g/mol. The third-order valence-electron chi connectivity index (χ3n) is 4.01. The first-order valence-electron chi connectivity index (χ1n) is 6.17. The van der Waals surface area contributed by atoms with Crippen molar-refractivity contribution in [2.24, 2.45) is 5.73 Å². The molecule has 1 fully saturated rings. The molecule has 4 nitrogen and oxygen atoms in total. The quantitative estimate of drug-likeness (QED) is 0.854. The fourth-order valence-electron chi connectivity index (χ4n) is 2.31. The highest BCUT2D eigenvalue weighted by molar-refractivity contribution is 5.12. The zero-order valence-electron chi connectivity index (χ0n) is 10.4. The van der Waals surface area contributed by atoms with Gasteiger partial charge in [0.1, 0.15) is 0 Å². The van der Waals surface area contributed by atoms with E-state index in [1.807, 2.05) is 0 Å². The van der Waals surface area contributed by atoms with Gasteiger partial charge in [-0.2, -0.15) is 4.98 Å². The molecule has 1 aliphatic carbocycles. The Hall–Kier alpha value is -0.900. The van der Waals surface area contributed by atoms with Gasteiger partial charge in [0.05, 0.1) is 5.41 Å². The Labute approximate surface area is 96.6 Å². The summed E-state index contributed by atoms with van der Waals surface area (Å²) >= 11 is 0. The first-order chi connectivity index (χ1) is 7.58. The molecule has 4 heteroatoms. The van der Waals surface area contributed by atoms with E-state index < -0.39 is 0 Å². The fourth-order valence-corrected chi connectivity index (χ4v) is 2.31. The molecule has 0 radical (unpaired) electrons. The van der Waals surface area contributed by atoms with Crippen LogP contribution in [0.2, 0.25) is 0 Å². The van der Waals surface area contributed by atoms with Gasteiger partial charge in [0.25, 0.3) is 0 Å². The summed E-state index contributed by atoms with van der Waals surface area (Å²) in [5.41, 5.74) is 6.02. The molecule has 1 aromatic rings. The summed E-state index contributed by atoms with van der Waals surface area (Å²) < 4.78 is 5.40. The molecule has 0 aliphatic heterocycles. The van der Waals surface area contributed by atoms with Crippen LogP contribution >= 0.6 is 0 Å². The van der Waals surface area contributed by atoms with Gasteiger partial charge in [0.15, 0.2) is 5.82 Å². The summed E-state index contributed by atoms with van der Waals surface area (Å²) in [6, 6.07) is 0.151. The maximum Gasteiger partial charge on any atom is 0.234 e. The van der Waals surface area contributed by atoms with Crippen LogP contribution in [0.4, 0.5) is 0 Å². The van der Waals surface area contributed by atoms with Crippen molar-refractivity contribution in [1.29, 1.82) is 0 Å². The van der Waals surface area contributed by atoms with Gasteiger partial charge in [0.2, 0.25) is 5.89 Å². The number of rotatable bonds is 3. The topological polar surface area (TPSA) is 64.9 Å². The highest BCUT2D eigenvalue weighted by atomic mass is 16.5. The molecule has 0 spiro atoms. The zero-order valence-corrected chi connectivity index (χ0v) is 10.4. The molecule has 3 atom stereocenters. The second-order valence-electron chi connectivity index (χ2n) is 5.18. The second kappa shape index (κ2) is 4.17. The minimum absolute atomic E-state index is 0.112. The summed E-state index contributed by atoms with van der Waals surface area (Å²) in [7, 11) is 0. The van der Waals surface area contributed by atoms with Gasteiger partial charge in [-0.15, -0.1) is 0 Å². The number of nitrogens with zero attached hydrogens (tertiary/aromatic N) is 2. The van der Waals surface area contributed by atoms with Gasteiger partial charge in [-0.05, 0) is 26.2 Å². The van der Waals surface area contributed by atoms with Gasteiger partial charge in [0, 0.05) is 12.0 Å². The van der Waals surface area contributed by atoms with Crippen molar-refractivity contribution < 1.29 is 4.52 Å². The molecule has 1 aromatic heterocycles. The van der Waals surface area contributed by atoms with E-state index in [4.69, 9.17) is 10.3 Å². The van der Waals surface area contributed by atoms with E-state index in [0.717, 1.165) is 37.4 Å². The third-order valence-corrected chi connectivity index (χ3v) is 4.01. The normalized spacial score (nSPS) is 31.9. The largest absolute Gasteiger partial charge is 0.339 e. The molecular formula is C12H21N3O. The Morgan fingerprint density at radius 1 is 1.62 bits per heavy atom. The van der Waals surface area contributed by atoms with Crippen molar-refractivity contribution in [2.75, 3.05) is 0 Å². The van der Waals surface area contributed by atoms with Gasteiger partial charge in [-0.3, -0.25) is 0 Å². The van der Waals surface area contributed by atoms with Crippen LogP contribution < -0.4 is 5.73 Å². The van der Waals surface area contributed by atoms with E-state index in [-0.39, 0.29) is 11.5 Å². The van der Waals surface area contributed by atoms with Crippen molar-refractivity contribution >= 4 is 0 Å². The lowest BCUT2D eigenvalue weighted by Gasteiger charge is -2.23. The van der Waals surface area contributed by atoms with Gasteiger partial charge in [-0.1, -0.05) is 25.4 Å². The molecule has 16 heavy (non-hydrogen) atoms. The predicted molar refractivity (Wildman–Crippen MR) is 62.2 cm³/mol. The molecule has 1 heterocycles. The number of aromatic nitrogens is 2. The van der Waals surface area contributed by atoms with Gasteiger partial charge in [-0.25, -0.2) is 0 Å². The van der Waals surface area contributed by atoms with Crippen molar-refractivity contribution in [2.45, 2.75) is 63.8 Å². The first kappa shape index (κ1) is 11.6. The maximum absolute atomic E-state index is 6.14. The minimum Gasteiger partial charge on any atom is -0.339 e. The average Bonchev–Trinajstić information content (AvgIpc) is 2.87. The molecule has 0 bridgehead atoms. The summed E-state index contributed by atoms with van der Waals surface area (Å²) in [6.45, 7) is 6.38. The SMILES string of the molecule is CCC(C)c1noc(C2(C)CCCC2N)n1. The van der Waals surface area contributed by atoms with Crippen LogP contribution in [-0.4, -0.2) is 16.2 Å². The Morgan fingerprint density at radius 2 is 2.38 bits per heavy atom. The number of nitrogens with two attached hydrogens (primary N) is 1. The van der Waals surface area contributed by atoms with Crippen LogP contribution in [0.1, 0.15) is 64.1 Å². The molecule has 90 valence electrons. The summed E-state index contributed by atoms with van der Waals surface area (Å²) in [6.07, 6.45) is 4.29. The Kier molecular flexibility index (Phi) is 3.02. The summed E-state index contributed by atoms with van der Waals surface area (Å²) in [5.74, 6) is 1.91. The fraction of sp³-hybridized carbons (Fsp3) is 0.833. The molecule has 1 aliphatic rings. The van der Waals surface area contributed by atoms with Gasteiger partial charge < -0.3 is 10.3 Å². The van der Waals surface area contributed by atoms with E-state index in [2.05, 4.69) is 30.9 Å². The smallest absolute Gasteiger partial charge is 0.234 e. The Morgan fingerprint density at radius 3 is 2.94 bits per heavy atom. The third kappa shape index (κ3) is 1.75. The summed E-state index contributed by atoms with van der Waals surface area (Å²) in [5, 5.41) is 4.07. The highest BCUT2D eigenvalue weighted by Crippen LogP contribution is 2.39. The van der Waals surface area contributed by atoms with Crippen LogP contribution in [0.5, 0.6) is 0 Å². The van der Waals surface area contributed by atoms with Crippen molar-refractivity contribution in [3.05, 3.63) is 11.7 Å². The lowest BCUT2D eigenvalue weighted by Crippen LogP contribution is -2.38. The first-order valence-corrected chi connectivity index (χ1v) is 6.17. The maximum atomic E-state index is 6.14. The van der Waals surface area contributed by atoms with Crippen molar-refractivity contribution in [3.63, 3.8) is 0 Å². The average molecular weight is 223 g/mol. The minimum atomic E-state index is -0.112. The van der Waals surface area contributed by atoms with E-state index >= 15 is 0 Å². The second-order valence-corrected chi connectivity index (χ2v) is 5.18. The van der Waals surface area contributed by atoms with Crippen LogP contribution in [0.3, 0.4) is 0 Å². The van der Waals surface area contributed by atoms with E-state index in [9.17, 15) is 0 Å². The monoisotopic (exact) mass is 223 g/mol. The molecule has 3 unspecified atom stereocenters. The number of hydrogen-bond acceptors (Lipinski definition) is 4. The highest BCUT2D eigenvalue weighted by Gasteiger charge is 2.42. The standard InChI is InChI=1S/C12H21N3O/c1-4-8(2)10-14-11(16-15-10)12(3)7-5-6-9(12)13/h8-9H,4-7,13H2,1-3H3. The van der Waals surface area contributed by atoms with Gasteiger partial charge >= 0.3 is 0 Å². The van der Waals surface area contributed by atoms with Crippen molar-refractivity contribution in [1.82, 2.24) is 10.1 Å². The lowest BCUT2D eigenvalue weighted by molar-refractivity contribution is 0.276. The number of hydrogen-bond donors (Lipinski definition) is 1.